The van der Waals surface area contributed by atoms with E-state index in [0.717, 1.165) is 0 Å². The van der Waals surface area contributed by atoms with Gasteiger partial charge in [-0.15, -0.1) is 0 Å². The summed E-state index contributed by atoms with van der Waals surface area (Å²) in [6.07, 6.45) is 0.405. The maximum Gasteiger partial charge on any atom is 0.277 e. The molecule has 0 aliphatic heterocycles. The van der Waals surface area contributed by atoms with Crippen LogP contribution in [0.3, 0.4) is 0 Å². The summed E-state index contributed by atoms with van der Waals surface area (Å²) in [7, 11) is 0. The van der Waals surface area contributed by atoms with Crippen molar-refractivity contribution in [2.75, 3.05) is 0 Å². The first kappa shape index (κ1) is 11.6. The summed E-state index contributed by atoms with van der Waals surface area (Å²) in [5.41, 5.74) is 0.273. The summed E-state index contributed by atoms with van der Waals surface area (Å²) in [4.78, 5) is 20.9. The number of phenolic OH excluding ortho intramolecular Hbond substituents is 1. The Morgan fingerprint density at radius 3 is 2.33 bits per heavy atom. The number of hydrogen-bond acceptors (Lipinski definition) is 4. The third-order valence-electron chi connectivity index (χ3n) is 2.21. The van der Waals surface area contributed by atoms with Crippen LogP contribution < -0.4 is 0 Å². The van der Waals surface area contributed by atoms with Gasteiger partial charge in [0.2, 0.25) is 0 Å². The smallest absolute Gasteiger partial charge is 0.277 e. The van der Waals surface area contributed by atoms with E-state index < -0.39 is 4.92 Å². The fourth-order valence-electron chi connectivity index (χ4n) is 1.40. The fraction of sp³-hybridized carbons (Fsp3) is 0.222. The third kappa shape index (κ3) is 1.72. The van der Waals surface area contributed by atoms with Crippen LogP contribution in [0.2, 0.25) is 0 Å². The molecule has 5 nitrogen and oxygen atoms in total. The molecule has 6 heteroatoms. The summed E-state index contributed by atoms with van der Waals surface area (Å²) < 4.78 is 0.182. The first-order valence-corrected chi connectivity index (χ1v) is 4.82. The molecule has 15 heavy (non-hydrogen) atoms. The van der Waals surface area contributed by atoms with Crippen molar-refractivity contribution in [1.82, 2.24) is 0 Å². The first-order valence-electron chi connectivity index (χ1n) is 4.03. The van der Waals surface area contributed by atoms with Gasteiger partial charge in [-0.05, 0) is 29.8 Å². The zero-order valence-electron chi connectivity index (χ0n) is 8.07. The summed E-state index contributed by atoms with van der Waals surface area (Å²) >= 11 is 3.01. The molecule has 0 fully saturated rings. The topological polar surface area (TPSA) is 80.4 Å². The summed E-state index contributed by atoms with van der Waals surface area (Å²) in [6, 6.07) is 0. The lowest BCUT2D eigenvalue weighted by atomic mass is 10.0. The van der Waals surface area contributed by atoms with Crippen LogP contribution in [0.4, 0.5) is 5.69 Å². The van der Waals surface area contributed by atoms with Crippen molar-refractivity contribution < 1.29 is 14.8 Å². The minimum atomic E-state index is -0.568. The average molecular weight is 274 g/mol. The molecule has 1 aromatic carbocycles. The van der Waals surface area contributed by atoms with Crippen molar-refractivity contribution in [3.05, 3.63) is 31.3 Å². The molecule has 0 aliphatic carbocycles. The number of hydrogen-bond donors (Lipinski definition) is 1. The Morgan fingerprint density at radius 1 is 1.40 bits per heavy atom. The number of benzene rings is 1. The van der Waals surface area contributed by atoms with Gasteiger partial charge in [0.05, 0.1) is 15.0 Å². The van der Waals surface area contributed by atoms with E-state index in [-0.39, 0.29) is 27.0 Å². The second-order valence-corrected chi connectivity index (χ2v) is 3.84. The summed E-state index contributed by atoms with van der Waals surface area (Å²) in [5.74, 6) is -0.259. The van der Waals surface area contributed by atoms with E-state index in [1.54, 1.807) is 0 Å². The molecule has 0 radical (unpaired) electrons. The van der Waals surface area contributed by atoms with Gasteiger partial charge in [-0.2, -0.15) is 0 Å². The Bertz CT molecular complexity index is 456. The first-order chi connectivity index (χ1) is 6.91. The van der Waals surface area contributed by atoms with Gasteiger partial charge >= 0.3 is 0 Å². The van der Waals surface area contributed by atoms with Crippen molar-refractivity contribution in [2.24, 2.45) is 0 Å². The monoisotopic (exact) mass is 273 g/mol. The predicted octanol–water partition coefficient (Wildman–Crippen LogP) is 2.49. The molecule has 80 valence electrons. The van der Waals surface area contributed by atoms with Gasteiger partial charge in [-0.1, -0.05) is 0 Å². The second-order valence-electron chi connectivity index (χ2n) is 3.05. The average Bonchev–Trinajstić information content (AvgIpc) is 2.15. The number of carbonyl (C=O) groups excluding carboxylic acids is 1. The molecule has 0 aromatic heterocycles. The van der Waals surface area contributed by atoms with E-state index in [4.69, 9.17) is 0 Å². The standard InChI is InChI=1S/C9H8BrNO4/c1-4-6(3-12)9(13)7(10)5(2)8(4)11(14)15/h3,13H,1-2H3. The minimum Gasteiger partial charge on any atom is -0.506 e. The normalized spacial score (nSPS) is 10.1. The highest BCUT2D eigenvalue weighted by Gasteiger charge is 2.24. The van der Waals surface area contributed by atoms with Crippen LogP contribution in [-0.4, -0.2) is 16.3 Å². The number of nitro benzene ring substituents is 1. The van der Waals surface area contributed by atoms with Crippen LogP contribution in [0.1, 0.15) is 21.5 Å². The van der Waals surface area contributed by atoms with E-state index in [0.29, 0.717) is 11.8 Å². The highest BCUT2D eigenvalue weighted by atomic mass is 79.9. The number of halogens is 1. The molecule has 0 spiro atoms. The maximum absolute atomic E-state index is 10.8. The van der Waals surface area contributed by atoms with Gasteiger partial charge in [0.25, 0.3) is 5.69 Å². The Kier molecular flexibility index (Phi) is 3.09. The van der Waals surface area contributed by atoms with Crippen molar-refractivity contribution in [2.45, 2.75) is 13.8 Å². The highest BCUT2D eigenvalue weighted by Crippen LogP contribution is 2.39. The maximum atomic E-state index is 10.8. The molecule has 0 saturated heterocycles. The lowest BCUT2D eigenvalue weighted by Crippen LogP contribution is -2.00. The van der Waals surface area contributed by atoms with Crippen LogP contribution in [0.25, 0.3) is 0 Å². The zero-order valence-corrected chi connectivity index (χ0v) is 9.66. The molecule has 0 saturated carbocycles. The third-order valence-corrected chi connectivity index (χ3v) is 3.18. The van der Waals surface area contributed by atoms with Crippen molar-refractivity contribution in [3.8, 4) is 5.75 Å². The Labute approximate surface area is 94.0 Å². The quantitative estimate of drug-likeness (QED) is 0.510. The van der Waals surface area contributed by atoms with Crippen molar-refractivity contribution in [1.29, 1.82) is 0 Å². The largest absolute Gasteiger partial charge is 0.506 e. The number of nitrogens with zero attached hydrogens (tertiary/aromatic N) is 1. The number of nitro groups is 1. The number of aromatic hydroxyl groups is 1. The molecule has 0 bridgehead atoms. The lowest BCUT2D eigenvalue weighted by Gasteiger charge is -2.08. The lowest BCUT2D eigenvalue weighted by molar-refractivity contribution is -0.386. The van der Waals surface area contributed by atoms with E-state index >= 15 is 0 Å². The summed E-state index contributed by atoms with van der Waals surface area (Å²) in [5, 5.41) is 20.3. The van der Waals surface area contributed by atoms with Crippen LogP contribution in [0.5, 0.6) is 5.75 Å². The second kappa shape index (κ2) is 3.98. The van der Waals surface area contributed by atoms with Crippen molar-refractivity contribution in [3.63, 3.8) is 0 Å². The van der Waals surface area contributed by atoms with Gasteiger partial charge in [0.15, 0.2) is 6.29 Å². The molecule has 0 atom stereocenters. The van der Waals surface area contributed by atoms with Gasteiger partial charge < -0.3 is 5.11 Å². The predicted molar refractivity (Wildman–Crippen MR) is 57.3 cm³/mol. The molecule has 1 aromatic rings. The van der Waals surface area contributed by atoms with Gasteiger partial charge in [0.1, 0.15) is 5.75 Å². The van der Waals surface area contributed by atoms with Gasteiger partial charge in [-0.3, -0.25) is 14.9 Å². The zero-order chi connectivity index (χ0) is 11.7. The van der Waals surface area contributed by atoms with E-state index in [9.17, 15) is 20.0 Å². The molecule has 0 amide bonds. The summed E-state index contributed by atoms with van der Waals surface area (Å²) in [6.45, 7) is 2.94. The Hall–Kier alpha value is -1.43. The van der Waals surface area contributed by atoms with E-state index in [2.05, 4.69) is 15.9 Å². The molecule has 0 heterocycles. The Morgan fingerprint density at radius 2 is 1.93 bits per heavy atom. The van der Waals surface area contributed by atoms with Gasteiger partial charge in [0, 0.05) is 11.1 Å². The number of phenols is 1. The minimum absolute atomic E-state index is 0.0563. The van der Waals surface area contributed by atoms with Gasteiger partial charge in [-0.25, -0.2) is 0 Å². The molecule has 1 N–H and O–H groups in total. The number of rotatable bonds is 2. The molecular formula is C9H8BrNO4. The van der Waals surface area contributed by atoms with Crippen LogP contribution in [-0.2, 0) is 0 Å². The SMILES string of the molecule is Cc1c(Br)c(O)c(C=O)c(C)c1[N+](=O)[O-]. The molecule has 0 unspecified atom stereocenters. The number of carbonyl (C=O) groups is 1. The van der Waals surface area contributed by atoms with E-state index in [1.165, 1.54) is 13.8 Å². The van der Waals surface area contributed by atoms with E-state index in [1.807, 2.05) is 0 Å². The fourth-order valence-corrected chi connectivity index (χ4v) is 1.81. The van der Waals surface area contributed by atoms with Crippen LogP contribution in [0.15, 0.2) is 4.47 Å². The van der Waals surface area contributed by atoms with Crippen LogP contribution >= 0.6 is 15.9 Å². The number of aldehydes is 1. The molecule has 1 rings (SSSR count). The molecule has 0 aliphatic rings. The highest BCUT2D eigenvalue weighted by molar-refractivity contribution is 9.10. The molecular weight excluding hydrogens is 266 g/mol. The van der Waals surface area contributed by atoms with Crippen molar-refractivity contribution >= 4 is 27.9 Å². The Balaban J connectivity index is 3.75. The van der Waals surface area contributed by atoms with Crippen LogP contribution in [0, 0.1) is 24.0 Å².